The van der Waals surface area contributed by atoms with Crippen molar-refractivity contribution in [2.45, 2.75) is 24.9 Å². The first-order valence-electron chi connectivity index (χ1n) is 7.50. The molecule has 0 aliphatic heterocycles. The lowest BCUT2D eigenvalue weighted by molar-refractivity contribution is 0.0258. The van der Waals surface area contributed by atoms with Crippen molar-refractivity contribution in [2.24, 2.45) is 0 Å². The molecular formula is C18H17F2NO2. The van der Waals surface area contributed by atoms with Crippen molar-refractivity contribution in [3.05, 3.63) is 70.8 Å². The lowest BCUT2D eigenvalue weighted by atomic mass is 9.80. The van der Waals surface area contributed by atoms with Crippen molar-refractivity contribution in [1.29, 1.82) is 0 Å². The minimum Gasteiger partial charge on any atom is -0.388 e. The van der Waals surface area contributed by atoms with Crippen LogP contribution in [0.4, 0.5) is 8.78 Å². The molecule has 1 unspecified atom stereocenters. The molecule has 2 aromatic carbocycles. The van der Waals surface area contributed by atoms with E-state index in [2.05, 4.69) is 5.32 Å². The Bertz CT molecular complexity index is 727. The summed E-state index contributed by atoms with van der Waals surface area (Å²) in [6, 6.07) is 11.1. The van der Waals surface area contributed by atoms with Crippen LogP contribution in [0.15, 0.2) is 42.5 Å². The van der Waals surface area contributed by atoms with Crippen molar-refractivity contribution < 1.29 is 18.7 Å². The van der Waals surface area contributed by atoms with Gasteiger partial charge in [0.05, 0.1) is 5.60 Å². The molecule has 2 aromatic rings. The van der Waals surface area contributed by atoms with E-state index in [1.54, 1.807) is 0 Å². The van der Waals surface area contributed by atoms with Crippen molar-refractivity contribution in [1.82, 2.24) is 5.32 Å². The van der Waals surface area contributed by atoms with Crippen LogP contribution >= 0.6 is 0 Å². The predicted octanol–water partition coefficient (Wildman–Crippen LogP) is 2.61. The summed E-state index contributed by atoms with van der Waals surface area (Å²) < 4.78 is 27.2. The second-order valence-electron chi connectivity index (χ2n) is 5.95. The summed E-state index contributed by atoms with van der Waals surface area (Å²) in [5.41, 5.74) is 0.495. The molecule has 0 saturated heterocycles. The maximum absolute atomic E-state index is 13.6. The molecule has 0 spiro atoms. The number of amides is 1. The van der Waals surface area contributed by atoms with Gasteiger partial charge in [-0.25, -0.2) is 8.78 Å². The van der Waals surface area contributed by atoms with Crippen LogP contribution in [-0.4, -0.2) is 23.2 Å². The summed E-state index contributed by atoms with van der Waals surface area (Å²) in [6.45, 7) is -0.0477. The first-order valence-corrected chi connectivity index (χ1v) is 7.50. The van der Waals surface area contributed by atoms with Gasteiger partial charge in [0.25, 0.3) is 5.91 Å². The van der Waals surface area contributed by atoms with Crippen LogP contribution < -0.4 is 5.32 Å². The SMILES string of the molecule is O=C(NCC1(O)CCc2ccccc2C1)c1c(F)cccc1F. The minimum absolute atomic E-state index is 0.0477. The van der Waals surface area contributed by atoms with Gasteiger partial charge in [-0.2, -0.15) is 0 Å². The molecule has 0 fully saturated rings. The zero-order chi connectivity index (χ0) is 16.4. The molecule has 0 heterocycles. The zero-order valence-electron chi connectivity index (χ0n) is 12.5. The molecule has 2 N–H and O–H groups in total. The van der Waals surface area contributed by atoms with Gasteiger partial charge >= 0.3 is 0 Å². The van der Waals surface area contributed by atoms with Gasteiger partial charge in [0.15, 0.2) is 0 Å². The third kappa shape index (κ3) is 3.24. The number of aliphatic hydroxyl groups is 1. The van der Waals surface area contributed by atoms with Gasteiger partial charge in [0, 0.05) is 13.0 Å². The van der Waals surface area contributed by atoms with Gasteiger partial charge in [0.2, 0.25) is 0 Å². The van der Waals surface area contributed by atoms with Gasteiger partial charge in [-0.05, 0) is 36.1 Å². The zero-order valence-corrected chi connectivity index (χ0v) is 12.5. The molecule has 0 radical (unpaired) electrons. The highest BCUT2D eigenvalue weighted by atomic mass is 19.1. The van der Waals surface area contributed by atoms with Crippen molar-refractivity contribution >= 4 is 5.91 Å². The van der Waals surface area contributed by atoms with E-state index in [0.717, 1.165) is 17.7 Å². The fourth-order valence-corrected chi connectivity index (χ4v) is 2.98. The van der Waals surface area contributed by atoms with Crippen molar-refractivity contribution in [3.63, 3.8) is 0 Å². The van der Waals surface area contributed by atoms with E-state index in [9.17, 15) is 18.7 Å². The Hall–Kier alpha value is -2.27. The van der Waals surface area contributed by atoms with Gasteiger partial charge in [0.1, 0.15) is 17.2 Å². The monoisotopic (exact) mass is 317 g/mol. The van der Waals surface area contributed by atoms with Crippen LogP contribution in [-0.2, 0) is 12.8 Å². The Morgan fingerprint density at radius 3 is 2.43 bits per heavy atom. The number of benzene rings is 2. The summed E-state index contributed by atoms with van der Waals surface area (Å²) in [5, 5.41) is 13.1. The van der Waals surface area contributed by atoms with Crippen molar-refractivity contribution in [2.75, 3.05) is 6.54 Å². The topological polar surface area (TPSA) is 49.3 Å². The number of carbonyl (C=O) groups excluding carboxylic acids is 1. The number of nitrogens with one attached hydrogen (secondary N) is 1. The Balaban J connectivity index is 1.70. The lowest BCUT2D eigenvalue weighted by Crippen LogP contribution is -2.47. The van der Waals surface area contributed by atoms with Gasteiger partial charge in [-0.15, -0.1) is 0 Å². The van der Waals surface area contributed by atoms with E-state index >= 15 is 0 Å². The second-order valence-corrected chi connectivity index (χ2v) is 5.95. The summed E-state index contributed by atoms with van der Waals surface area (Å²) in [5.74, 6) is -2.68. The van der Waals surface area contributed by atoms with Crippen LogP contribution in [0.1, 0.15) is 27.9 Å². The third-order valence-corrected chi connectivity index (χ3v) is 4.27. The summed E-state index contributed by atoms with van der Waals surface area (Å²) in [7, 11) is 0. The summed E-state index contributed by atoms with van der Waals surface area (Å²) in [4.78, 5) is 12.0. The molecule has 1 aliphatic rings. The molecule has 120 valence electrons. The van der Waals surface area contributed by atoms with Crippen LogP contribution in [0, 0.1) is 11.6 Å². The van der Waals surface area contributed by atoms with E-state index in [4.69, 9.17) is 0 Å². The first kappa shape index (κ1) is 15.6. The maximum Gasteiger partial charge on any atom is 0.257 e. The average Bonchev–Trinajstić information content (AvgIpc) is 2.53. The molecule has 3 nitrogen and oxygen atoms in total. The largest absolute Gasteiger partial charge is 0.388 e. The van der Waals surface area contributed by atoms with Gasteiger partial charge in [-0.3, -0.25) is 4.79 Å². The normalized spacial score (nSPS) is 20.0. The molecule has 1 atom stereocenters. The number of fused-ring (bicyclic) bond motifs is 1. The van der Waals surface area contributed by atoms with Crippen LogP contribution in [0.25, 0.3) is 0 Å². The number of halogens is 2. The maximum atomic E-state index is 13.6. The molecule has 1 aliphatic carbocycles. The third-order valence-electron chi connectivity index (χ3n) is 4.27. The minimum atomic E-state index is -1.11. The van der Waals surface area contributed by atoms with E-state index < -0.39 is 28.7 Å². The lowest BCUT2D eigenvalue weighted by Gasteiger charge is -2.33. The smallest absolute Gasteiger partial charge is 0.257 e. The van der Waals surface area contributed by atoms with Crippen molar-refractivity contribution in [3.8, 4) is 0 Å². The van der Waals surface area contributed by atoms with Gasteiger partial charge < -0.3 is 10.4 Å². The number of rotatable bonds is 3. The number of hydrogen-bond donors (Lipinski definition) is 2. The molecule has 23 heavy (non-hydrogen) atoms. The highest BCUT2D eigenvalue weighted by molar-refractivity contribution is 5.94. The average molecular weight is 317 g/mol. The van der Waals surface area contributed by atoms with E-state index in [1.807, 2.05) is 24.3 Å². The summed E-state index contributed by atoms with van der Waals surface area (Å²) in [6.07, 6.45) is 1.60. The second kappa shape index (κ2) is 6.08. The molecule has 5 heteroatoms. The Kier molecular flexibility index (Phi) is 4.13. The fraction of sp³-hybridized carbons (Fsp3) is 0.278. The fourth-order valence-electron chi connectivity index (χ4n) is 2.98. The van der Waals surface area contributed by atoms with Gasteiger partial charge in [-0.1, -0.05) is 30.3 Å². The van der Waals surface area contributed by atoms with E-state index in [0.29, 0.717) is 19.3 Å². The highest BCUT2D eigenvalue weighted by Crippen LogP contribution is 2.28. The van der Waals surface area contributed by atoms with E-state index in [-0.39, 0.29) is 6.54 Å². The molecule has 3 rings (SSSR count). The highest BCUT2D eigenvalue weighted by Gasteiger charge is 2.32. The van der Waals surface area contributed by atoms with Crippen LogP contribution in [0.5, 0.6) is 0 Å². The summed E-state index contributed by atoms with van der Waals surface area (Å²) >= 11 is 0. The Morgan fingerprint density at radius 2 is 1.74 bits per heavy atom. The quantitative estimate of drug-likeness (QED) is 0.914. The van der Waals surface area contributed by atoms with E-state index in [1.165, 1.54) is 11.6 Å². The standard InChI is InChI=1S/C18H17F2NO2/c19-14-6-3-7-15(20)16(14)17(22)21-11-18(23)9-8-12-4-1-2-5-13(12)10-18/h1-7,23H,8-11H2,(H,21,22). The number of hydrogen-bond acceptors (Lipinski definition) is 2. The predicted molar refractivity (Wildman–Crippen MR) is 82.1 cm³/mol. The molecular weight excluding hydrogens is 300 g/mol. The molecule has 1 amide bonds. The first-order chi connectivity index (χ1) is 11.0. The molecule has 0 aromatic heterocycles. The van der Waals surface area contributed by atoms with Crippen LogP contribution in [0.3, 0.4) is 0 Å². The molecule has 0 saturated carbocycles. The number of carbonyl (C=O) groups is 1. The Morgan fingerprint density at radius 1 is 1.09 bits per heavy atom. The van der Waals surface area contributed by atoms with Crippen LogP contribution in [0.2, 0.25) is 0 Å². The Labute approximate surface area is 133 Å². The number of aryl methyl sites for hydroxylation is 1. The molecule has 0 bridgehead atoms.